The van der Waals surface area contributed by atoms with E-state index < -0.39 is 0 Å². The van der Waals surface area contributed by atoms with Crippen LogP contribution < -0.4 is 4.90 Å². The highest BCUT2D eigenvalue weighted by atomic mass is 16.4. The number of anilines is 1. The lowest BCUT2D eigenvalue weighted by Gasteiger charge is -2.34. The number of rotatable bonds is 2. The Bertz CT molecular complexity index is 504. The second-order valence-corrected chi connectivity index (χ2v) is 4.99. The molecule has 1 aliphatic rings. The van der Waals surface area contributed by atoms with Crippen LogP contribution in [-0.4, -0.2) is 29.3 Å². The lowest BCUT2D eigenvalue weighted by molar-refractivity contribution is 0.104. The highest BCUT2D eigenvalue weighted by molar-refractivity contribution is 5.74. The lowest BCUT2D eigenvalue weighted by Crippen LogP contribution is -2.43. The lowest BCUT2D eigenvalue weighted by atomic mass is 9.92. The van der Waals surface area contributed by atoms with Crippen LogP contribution in [0, 0.1) is 0 Å². The Morgan fingerprint density at radius 1 is 1.28 bits per heavy atom. The van der Waals surface area contributed by atoms with Gasteiger partial charge < -0.3 is 14.4 Å². The summed E-state index contributed by atoms with van der Waals surface area (Å²) in [6.45, 7) is 0. The van der Waals surface area contributed by atoms with E-state index in [2.05, 4.69) is 4.98 Å². The Morgan fingerprint density at radius 3 is 2.83 bits per heavy atom. The number of fused-ring (bicyclic) bond motifs is 1. The third-order valence-corrected chi connectivity index (χ3v) is 3.78. The molecule has 1 saturated carbocycles. The first-order valence-corrected chi connectivity index (χ1v) is 6.52. The van der Waals surface area contributed by atoms with Crippen molar-refractivity contribution in [1.29, 1.82) is 0 Å². The zero-order valence-electron chi connectivity index (χ0n) is 10.5. The SMILES string of the molecule is CN(c1nc2ccccc2o1)C1CCCCC1O. The van der Waals surface area contributed by atoms with Gasteiger partial charge in [-0.2, -0.15) is 4.98 Å². The number of oxazole rings is 1. The molecule has 18 heavy (non-hydrogen) atoms. The normalized spacial score (nSPS) is 24.3. The van der Waals surface area contributed by atoms with Crippen LogP contribution in [0.15, 0.2) is 28.7 Å². The van der Waals surface area contributed by atoms with E-state index >= 15 is 0 Å². The van der Waals surface area contributed by atoms with E-state index in [4.69, 9.17) is 4.42 Å². The first-order valence-electron chi connectivity index (χ1n) is 6.52. The highest BCUT2D eigenvalue weighted by Gasteiger charge is 2.29. The monoisotopic (exact) mass is 246 g/mol. The molecule has 1 aromatic heterocycles. The molecular weight excluding hydrogens is 228 g/mol. The van der Waals surface area contributed by atoms with Crippen molar-refractivity contribution in [3.63, 3.8) is 0 Å². The number of nitrogens with zero attached hydrogens (tertiary/aromatic N) is 2. The van der Waals surface area contributed by atoms with Crippen LogP contribution in [0.1, 0.15) is 25.7 Å². The summed E-state index contributed by atoms with van der Waals surface area (Å²) < 4.78 is 5.74. The van der Waals surface area contributed by atoms with Crippen molar-refractivity contribution in [3.8, 4) is 0 Å². The number of aromatic nitrogens is 1. The molecule has 4 nitrogen and oxygen atoms in total. The molecular formula is C14H18N2O2. The van der Waals surface area contributed by atoms with Crippen LogP contribution in [0.5, 0.6) is 0 Å². The van der Waals surface area contributed by atoms with Gasteiger partial charge in [-0.15, -0.1) is 0 Å². The van der Waals surface area contributed by atoms with Gasteiger partial charge >= 0.3 is 0 Å². The minimum absolute atomic E-state index is 0.117. The molecule has 0 saturated heterocycles. The summed E-state index contributed by atoms with van der Waals surface area (Å²) in [5.41, 5.74) is 1.66. The summed E-state index contributed by atoms with van der Waals surface area (Å²) in [6.07, 6.45) is 3.86. The van der Waals surface area contributed by atoms with E-state index in [-0.39, 0.29) is 12.1 Å². The minimum atomic E-state index is -0.279. The number of benzene rings is 1. The summed E-state index contributed by atoms with van der Waals surface area (Å²) in [5.74, 6) is 0. The maximum Gasteiger partial charge on any atom is 0.298 e. The average Bonchev–Trinajstić information content (AvgIpc) is 2.82. The predicted molar refractivity (Wildman–Crippen MR) is 70.7 cm³/mol. The van der Waals surface area contributed by atoms with Gasteiger partial charge in [-0.25, -0.2) is 0 Å². The van der Waals surface area contributed by atoms with E-state index in [1.165, 1.54) is 0 Å². The fourth-order valence-electron chi connectivity index (χ4n) is 2.70. The van der Waals surface area contributed by atoms with Crippen LogP contribution in [0.2, 0.25) is 0 Å². The molecule has 0 radical (unpaired) electrons. The second kappa shape index (κ2) is 4.61. The fourth-order valence-corrected chi connectivity index (χ4v) is 2.70. The molecule has 1 fully saturated rings. The van der Waals surface area contributed by atoms with E-state index in [0.29, 0.717) is 6.01 Å². The number of hydrogen-bond acceptors (Lipinski definition) is 4. The van der Waals surface area contributed by atoms with Gasteiger partial charge in [0.25, 0.3) is 6.01 Å². The molecule has 2 atom stereocenters. The Kier molecular flexibility index (Phi) is 2.96. The van der Waals surface area contributed by atoms with Gasteiger partial charge in [0.1, 0.15) is 5.52 Å². The van der Waals surface area contributed by atoms with E-state index in [9.17, 15) is 5.11 Å². The van der Waals surface area contributed by atoms with E-state index in [0.717, 1.165) is 36.8 Å². The largest absolute Gasteiger partial charge is 0.423 e. The maximum atomic E-state index is 10.1. The van der Waals surface area contributed by atoms with Gasteiger partial charge in [-0.1, -0.05) is 25.0 Å². The summed E-state index contributed by atoms with van der Waals surface area (Å²) in [7, 11) is 1.95. The van der Waals surface area contributed by atoms with Crippen molar-refractivity contribution >= 4 is 17.1 Å². The molecule has 0 bridgehead atoms. The molecule has 2 unspecified atom stereocenters. The molecule has 0 amide bonds. The van der Waals surface area contributed by atoms with Crippen LogP contribution in [-0.2, 0) is 0 Å². The molecule has 1 aromatic carbocycles. The van der Waals surface area contributed by atoms with Gasteiger partial charge in [-0.05, 0) is 25.0 Å². The quantitative estimate of drug-likeness (QED) is 0.884. The molecule has 0 aliphatic heterocycles. The smallest absolute Gasteiger partial charge is 0.298 e. The van der Waals surface area contributed by atoms with Crippen LogP contribution in [0.25, 0.3) is 11.1 Å². The van der Waals surface area contributed by atoms with Gasteiger partial charge in [0.2, 0.25) is 0 Å². The molecule has 3 rings (SSSR count). The summed E-state index contributed by atoms with van der Waals surface area (Å²) in [4.78, 5) is 6.45. The van der Waals surface area contributed by atoms with Crippen molar-refractivity contribution in [1.82, 2.24) is 4.98 Å². The first kappa shape index (κ1) is 11.5. The number of aliphatic hydroxyl groups is 1. The van der Waals surface area contributed by atoms with E-state index in [1.54, 1.807) is 0 Å². The van der Waals surface area contributed by atoms with Crippen molar-refractivity contribution in [2.75, 3.05) is 11.9 Å². The third kappa shape index (κ3) is 1.97. The predicted octanol–water partition coefficient (Wildman–Crippen LogP) is 2.57. The first-order chi connectivity index (χ1) is 8.75. The summed E-state index contributed by atoms with van der Waals surface area (Å²) in [6, 6.07) is 8.45. The van der Waals surface area contributed by atoms with Crippen LogP contribution in [0.4, 0.5) is 6.01 Å². The zero-order valence-corrected chi connectivity index (χ0v) is 10.5. The third-order valence-electron chi connectivity index (χ3n) is 3.78. The number of aliphatic hydroxyl groups excluding tert-OH is 1. The number of hydrogen-bond donors (Lipinski definition) is 1. The summed E-state index contributed by atoms with van der Waals surface area (Å²) >= 11 is 0. The zero-order chi connectivity index (χ0) is 12.5. The van der Waals surface area contributed by atoms with Gasteiger partial charge in [0.05, 0.1) is 12.1 Å². The van der Waals surface area contributed by atoms with Gasteiger partial charge in [-0.3, -0.25) is 0 Å². The minimum Gasteiger partial charge on any atom is -0.423 e. The molecule has 96 valence electrons. The Balaban J connectivity index is 1.88. The molecule has 1 aliphatic carbocycles. The summed E-state index contributed by atoms with van der Waals surface area (Å²) in [5, 5.41) is 10.1. The number of likely N-dealkylation sites (N-methyl/N-ethyl adjacent to an activating group) is 1. The topological polar surface area (TPSA) is 49.5 Å². The molecule has 1 heterocycles. The molecule has 0 spiro atoms. The molecule has 4 heteroatoms. The second-order valence-electron chi connectivity index (χ2n) is 4.99. The number of para-hydroxylation sites is 2. The van der Waals surface area contributed by atoms with Crippen LogP contribution >= 0.6 is 0 Å². The molecule has 1 N–H and O–H groups in total. The molecule has 2 aromatic rings. The Labute approximate surface area is 106 Å². The highest BCUT2D eigenvalue weighted by Crippen LogP contribution is 2.28. The fraction of sp³-hybridized carbons (Fsp3) is 0.500. The Morgan fingerprint density at radius 2 is 2.06 bits per heavy atom. The maximum absolute atomic E-state index is 10.1. The van der Waals surface area contributed by atoms with Crippen molar-refractivity contribution in [2.45, 2.75) is 37.8 Å². The van der Waals surface area contributed by atoms with E-state index in [1.807, 2.05) is 36.2 Å². The van der Waals surface area contributed by atoms with Crippen LogP contribution in [0.3, 0.4) is 0 Å². The van der Waals surface area contributed by atoms with Crippen molar-refractivity contribution < 1.29 is 9.52 Å². The standard InChI is InChI=1S/C14H18N2O2/c1-16(11-7-3-4-8-12(11)17)14-15-10-6-2-5-9-13(10)18-14/h2,5-6,9,11-12,17H,3-4,7-8H2,1H3. The van der Waals surface area contributed by atoms with Gasteiger partial charge in [0, 0.05) is 7.05 Å². The average molecular weight is 246 g/mol. The van der Waals surface area contributed by atoms with Crippen molar-refractivity contribution in [3.05, 3.63) is 24.3 Å². The van der Waals surface area contributed by atoms with Gasteiger partial charge in [0.15, 0.2) is 5.58 Å². The Hall–Kier alpha value is -1.55. The van der Waals surface area contributed by atoms with Crippen molar-refractivity contribution in [2.24, 2.45) is 0 Å².